The number of nitrogens with zero attached hydrogens (tertiary/aromatic N) is 1. The van der Waals surface area contributed by atoms with Crippen molar-refractivity contribution in [3.63, 3.8) is 0 Å². The minimum Gasteiger partial charge on any atom is -0.733 e. The molecule has 0 spiro atoms. The van der Waals surface area contributed by atoms with E-state index in [-0.39, 0.29) is 32.1 Å². The van der Waals surface area contributed by atoms with Crippen molar-refractivity contribution in [1.82, 2.24) is 5.32 Å². The second-order valence-electron chi connectivity index (χ2n) is 8.67. The van der Waals surface area contributed by atoms with Crippen LogP contribution in [0.15, 0.2) is 83.2 Å². The monoisotopic (exact) mass is 605 g/mol. The summed E-state index contributed by atoms with van der Waals surface area (Å²) in [6.07, 6.45) is 0. The molecule has 0 atom stereocenters. The van der Waals surface area contributed by atoms with Gasteiger partial charge in [0.25, 0.3) is 11.8 Å². The average molecular weight is 607 g/mol. The van der Waals surface area contributed by atoms with Gasteiger partial charge in [0.1, 0.15) is 0 Å². The summed E-state index contributed by atoms with van der Waals surface area (Å²) < 4.78 is 0. The number of carbonyl (C=O) groups is 2. The Labute approximate surface area is 244 Å². The Kier molecular flexibility index (Phi) is 8.76. The topological polar surface area (TPSA) is 117 Å². The quantitative estimate of drug-likeness (QED) is 0.216. The Morgan fingerprint density at radius 1 is 0.769 bits per heavy atom. The van der Waals surface area contributed by atoms with Gasteiger partial charge in [0, 0.05) is 39.8 Å². The van der Waals surface area contributed by atoms with Gasteiger partial charge in [0.2, 0.25) is 0 Å². The van der Waals surface area contributed by atoms with Crippen LogP contribution in [-0.2, 0) is 9.59 Å². The molecule has 4 N–H and O–H groups in total. The third kappa shape index (κ3) is 6.33. The predicted octanol–water partition coefficient (Wildman–Crippen LogP) is 7.51. The van der Waals surface area contributed by atoms with Gasteiger partial charge in [-0.2, -0.15) is 0 Å². The molecular formula is C27H21Cl4N4O4-. The highest BCUT2D eigenvalue weighted by Gasteiger charge is 2.36. The largest absolute Gasteiger partial charge is 0.733 e. The predicted molar refractivity (Wildman–Crippen MR) is 156 cm³/mol. The van der Waals surface area contributed by atoms with E-state index in [0.29, 0.717) is 38.4 Å². The number of halogens is 4. The zero-order valence-electron chi connectivity index (χ0n) is 20.5. The summed E-state index contributed by atoms with van der Waals surface area (Å²) in [5.74, 6) is -1.84. The molecule has 202 valence electrons. The zero-order chi connectivity index (χ0) is 28.4. The second kappa shape index (κ2) is 11.9. The SMILES string of the molecule is CC1=C(C(=O)Nc2ccc(Cl)c(Cl)c2)C(c2ccc(N([O-])O)cc2)C(C(=O)Nc2ccc(Cl)c(Cl)c2)=C(C)N1. The molecule has 0 fully saturated rings. The third-order valence-electron chi connectivity index (χ3n) is 6.05. The van der Waals surface area contributed by atoms with Crippen molar-refractivity contribution >= 4 is 75.3 Å². The van der Waals surface area contributed by atoms with Gasteiger partial charge in [-0.1, -0.05) is 58.5 Å². The van der Waals surface area contributed by atoms with Crippen LogP contribution in [0, 0.1) is 5.21 Å². The molecule has 0 saturated carbocycles. The zero-order valence-corrected chi connectivity index (χ0v) is 23.5. The molecule has 0 aromatic heterocycles. The number of rotatable bonds is 6. The van der Waals surface area contributed by atoms with Gasteiger partial charge in [-0.05, 0) is 67.9 Å². The van der Waals surface area contributed by atoms with E-state index in [1.54, 1.807) is 50.2 Å². The normalized spacial score (nSPS) is 13.7. The molecule has 12 heteroatoms. The highest BCUT2D eigenvalue weighted by molar-refractivity contribution is 6.42. The first kappa shape index (κ1) is 28.8. The van der Waals surface area contributed by atoms with E-state index in [1.165, 1.54) is 24.3 Å². The van der Waals surface area contributed by atoms with Gasteiger partial charge < -0.3 is 26.4 Å². The summed E-state index contributed by atoms with van der Waals surface area (Å²) in [7, 11) is 0. The molecule has 0 aliphatic carbocycles. The molecule has 4 rings (SSSR count). The summed E-state index contributed by atoms with van der Waals surface area (Å²) >= 11 is 24.3. The Balaban J connectivity index is 1.77. The first-order valence-electron chi connectivity index (χ1n) is 11.4. The standard InChI is InChI=1S/C27H21Cl4N4O4/c1-13-23(26(36)33-16-5-9-19(28)21(30)11-16)25(15-3-7-18(8-4-15)35(38)39)24(14(2)32-13)27(37)34-17-6-10-20(29)22(31)12-17/h3-12,25,32,38H,1-2H3,(H,33,36)(H,34,37)/q-1. The number of dihydropyridines is 1. The van der Waals surface area contributed by atoms with E-state index < -0.39 is 17.7 Å². The summed E-state index contributed by atoms with van der Waals surface area (Å²) in [6.45, 7) is 3.44. The molecular weight excluding hydrogens is 586 g/mol. The molecule has 0 unspecified atom stereocenters. The highest BCUT2D eigenvalue weighted by Crippen LogP contribution is 2.40. The van der Waals surface area contributed by atoms with Gasteiger partial charge in [0.05, 0.1) is 25.8 Å². The maximum Gasteiger partial charge on any atom is 0.254 e. The molecule has 0 radical (unpaired) electrons. The molecule has 3 aromatic rings. The Morgan fingerprint density at radius 3 is 1.59 bits per heavy atom. The smallest absolute Gasteiger partial charge is 0.254 e. The lowest BCUT2D eigenvalue weighted by Gasteiger charge is -2.32. The Bertz CT molecular complexity index is 1430. The van der Waals surface area contributed by atoms with Crippen LogP contribution in [0.5, 0.6) is 0 Å². The fourth-order valence-corrected chi connectivity index (χ4v) is 4.86. The number of anilines is 3. The Hall–Kier alpha value is -3.24. The molecule has 1 heterocycles. The molecule has 8 nitrogen and oxygen atoms in total. The number of nitrogens with one attached hydrogen (secondary N) is 3. The third-order valence-corrected chi connectivity index (χ3v) is 7.53. The van der Waals surface area contributed by atoms with Crippen LogP contribution in [0.3, 0.4) is 0 Å². The molecule has 1 aliphatic heterocycles. The minimum atomic E-state index is -0.857. The lowest BCUT2D eigenvalue weighted by Crippen LogP contribution is -2.35. The van der Waals surface area contributed by atoms with Crippen LogP contribution in [0.1, 0.15) is 25.3 Å². The van der Waals surface area contributed by atoms with Gasteiger partial charge in [-0.25, -0.2) is 0 Å². The van der Waals surface area contributed by atoms with Crippen molar-refractivity contribution in [2.75, 3.05) is 15.9 Å². The van der Waals surface area contributed by atoms with Crippen molar-refractivity contribution in [3.05, 3.63) is 114 Å². The number of amides is 2. The highest BCUT2D eigenvalue weighted by atomic mass is 35.5. The van der Waals surface area contributed by atoms with Crippen molar-refractivity contribution in [1.29, 1.82) is 0 Å². The van der Waals surface area contributed by atoms with E-state index in [9.17, 15) is 20.0 Å². The maximum absolute atomic E-state index is 13.7. The van der Waals surface area contributed by atoms with Crippen LogP contribution in [-0.4, -0.2) is 17.0 Å². The first-order chi connectivity index (χ1) is 18.5. The summed E-state index contributed by atoms with van der Waals surface area (Å²) in [5.41, 5.74) is 2.84. The van der Waals surface area contributed by atoms with E-state index in [2.05, 4.69) is 16.0 Å². The van der Waals surface area contributed by atoms with Crippen molar-refractivity contribution in [3.8, 4) is 0 Å². The number of benzene rings is 3. The van der Waals surface area contributed by atoms with Crippen molar-refractivity contribution in [2.45, 2.75) is 19.8 Å². The second-order valence-corrected chi connectivity index (χ2v) is 10.3. The summed E-state index contributed by atoms with van der Waals surface area (Å²) in [5, 5.41) is 30.3. The summed E-state index contributed by atoms with van der Waals surface area (Å²) in [4.78, 5) is 27.4. The maximum atomic E-state index is 13.7. The molecule has 39 heavy (non-hydrogen) atoms. The van der Waals surface area contributed by atoms with Gasteiger partial charge >= 0.3 is 0 Å². The van der Waals surface area contributed by atoms with Crippen molar-refractivity contribution in [2.24, 2.45) is 0 Å². The minimum absolute atomic E-state index is 0.0160. The van der Waals surface area contributed by atoms with E-state index in [0.717, 1.165) is 0 Å². The van der Waals surface area contributed by atoms with Crippen LogP contribution in [0.25, 0.3) is 0 Å². The van der Waals surface area contributed by atoms with Crippen LogP contribution >= 0.6 is 46.4 Å². The van der Waals surface area contributed by atoms with Gasteiger partial charge in [-0.15, -0.1) is 0 Å². The summed E-state index contributed by atoms with van der Waals surface area (Å²) in [6, 6.07) is 15.2. The number of hydrogen-bond donors (Lipinski definition) is 4. The van der Waals surface area contributed by atoms with Crippen LogP contribution in [0.4, 0.5) is 17.1 Å². The molecule has 0 bridgehead atoms. The molecule has 1 aliphatic rings. The fraction of sp³-hybridized carbons (Fsp3) is 0.111. The molecule has 3 aromatic carbocycles. The first-order valence-corrected chi connectivity index (χ1v) is 12.9. The van der Waals surface area contributed by atoms with E-state index in [1.807, 2.05) is 0 Å². The Morgan fingerprint density at radius 2 is 1.21 bits per heavy atom. The lowest BCUT2D eigenvalue weighted by atomic mass is 9.79. The number of hydrogen-bond acceptors (Lipinski definition) is 6. The van der Waals surface area contributed by atoms with Gasteiger partial charge in [0.15, 0.2) is 0 Å². The van der Waals surface area contributed by atoms with E-state index in [4.69, 9.17) is 46.4 Å². The average Bonchev–Trinajstić information content (AvgIpc) is 2.87. The number of allylic oxidation sites excluding steroid dienone is 2. The van der Waals surface area contributed by atoms with E-state index >= 15 is 0 Å². The van der Waals surface area contributed by atoms with Gasteiger partial charge in [-0.3, -0.25) is 14.8 Å². The van der Waals surface area contributed by atoms with Crippen LogP contribution in [0.2, 0.25) is 20.1 Å². The molecule has 2 amide bonds. The fourth-order valence-electron chi connectivity index (χ4n) is 4.27. The lowest BCUT2D eigenvalue weighted by molar-refractivity contribution is -0.113. The van der Waals surface area contributed by atoms with Crippen LogP contribution < -0.4 is 21.2 Å². The number of carbonyl (C=O) groups excluding carboxylic acids is 2. The molecule has 0 saturated heterocycles. The van der Waals surface area contributed by atoms with Crippen molar-refractivity contribution < 1.29 is 14.8 Å².